The molecular formula is C29H29ClN2O7. The first-order chi connectivity index (χ1) is 18.6. The molecule has 0 saturated heterocycles. The first-order valence-electron chi connectivity index (χ1n) is 12.6. The highest BCUT2D eigenvalue weighted by molar-refractivity contribution is 6.30. The van der Waals surface area contributed by atoms with Gasteiger partial charge in [-0.2, -0.15) is 0 Å². The standard InChI is InChI=1S/C29H29ClN2O7/c1-16-15-38-24-14-25-22(13-21(16)24)17(2)20(29(37)39-25)9-10-26(33)32-23(12-18-5-7-19(30)8-6-18)28(36)31-11-3-4-27(34)35/h5-8,13-15,23H,3-4,9-12H2,1-2H3,(H,31,36)(H,32,33)(H,34,35)/t23-/m0/s1. The Balaban J connectivity index is 1.47. The molecular weight excluding hydrogens is 524 g/mol. The Morgan fingerprint density at radius 3 is 2.49 bits per heavy atom. The van der Waals surface area contributed by atoms with Gasteiger partial charge in [-0.3, -0.25) is 14.4 Å². The molecule has 0 bridgehead atoms. The first-order valence-corrected chi connectivity index (χ1v) is 13.0. The predicted molar refractivity (Wildman–Crippen MR) is 147 cm³/mol. The largest absolute Gasteiger partial charge is 0.481 e. The number of fused-ring (bicyclic) bond motifs is 2. The SMILES string of the molecule is Cc1coc2cc3oc(=O)c(CCC(=O)N[C@@H](Cc4ccc(Cl)cc4)C(=O)NCCCC(=O)O)c(C)c3cc12. The second-order valence-electron chi connectivity index (χ2n) is 9.50. The van der Waals surface area contributed by atoms with Crippen LogP contribution in [-0.4, -0.2) is 35.5 Å². The lowest BCUT2D eigenvalue weighted by Crippen LogP contribution is -2.48. The van der Waals surface area contributed by atoms with Gasteiger partial charge in [-0.05, 0) is 61.6 Å². The average molecular weight is 553 g/mol. The van der Waals surface area contributed by atoms with Gasteiger partial charge in [0.05, 0.1) is 6.26 Å². The summed E-state index contributed by atoms with van der Waals surface area (Å²) in [7, 11) is 0. The fraction of sp³-hybridized carbons (Fsp3) is 0.310. The maximum atomic E-state index is 12.9. The van der Waals surface area contributed by atoms with Crippen LogP contribution in [-0.2, 0) is 27.2 Å². The van der Waals surface area contributed by atoms with Crippen LogP contribution in [0.25, 0.3) is 21.9 Å². The third-order valence-corrected chi connectivity index (χ3v) is 6.90. The lowest BCUT2D eigenvalue weighted by atomic mass is 10.00. The van der Waals surface area contributed by atoms with E-state index in [2.05, 4.69) is 10.6 Å². The highest BCUT2D eigenvalue weighted by Gasteiger charge is 2.22. The van der Waals surface area contributed by atoms with Crippen LogP contribution >= 0.6 is 11.6 Å². The summed E-state index contributed by atoms with van der Waals surface area (Å²) >= 11 is 5.96. The molecule has 2 amide bonds. The summed E-state index contributed by atoms with van der Waals surface area (Å²) < 4.78 is 11.1. The van der Waals surface area contributed by atoms with E-state index in [1.807, 2.05) is 19.9 Å². The molecule has 0 saturated carbocycles. The molecule has 2 aromatic carbocycles. The minimum absolute atomic E-state index is 0.0342. The Kier molecular flexibility index (Phi) is 8.71. The third kappa shape index (κ3) is 6.86. The van der Waals surface area contributed by atoms with Gasteiger partial charge >= 0.3 is 11.6 Å². The maximum absolute atomic E-state index is 12.9. The molecule has 0 unspecified atom stereocenters. The van der Waals surface area contributed by atoms with Gasteiger partial charge in [0.2, 0.25) is 11.8 Å². The number of amides is 2. The molecule has 0 fully saturated rings. The van der Waals surface area contributed by atoms with Crippen LogP contribution in [0.4, 0.5) is 0 Å². The number of carbonyl (C=O) groups is 3. The van der Waals surface area contributed by atoms with Crippen molar-refractivity contribution in [3.63, 3.8) is 0 Å². The summed E-state index contributed by atoms with van der Waals surface area (Å²) in [5.74, 6) is -1.78. The summed E-state index contributed by atoms with van der Waals surface area (Å²) in [5.41, 5.74) is 3.39. The maximum Gasteiger partial charge on any atom is 0.339 e. The van der Waals surface area contributed by atoms with Crippen LogP contribution in [0.5, 0.6) is 0 Å². The number of benzene rings is 2. The molecule has 3 N–H and O–H groups in total. The number of halogens is 1. The molecule has 10 heteroatoms. The monoisotopic (exact) mass is 552 g/mol. The molecule has 39 heavy (non-hydrogen) atoms. The van der Waals surface area contributed by atoms with Crippen molar-refractivity contribution in [1.82, 2.24) is 10.6 Å². The van der Waals surface area contributed by atoms with Gasteiger partial charge in [-0.1, -0.05) is 23.7 Å². The topological polar surface area (TPSA) is 139 Å². The highest BCUT2D eigenvalue weighted by atomic mass is 35.5. The van der Waals surface area contributed by atoms with Crippen molar-refractivity contribution in [2.75, 3.05) is 6.54 Å². The van der Waals surface area contributed by atoms with Crippen LogP contribution in [0.3, 0.4) is 0 Å². The molecule has 1 atom stereocenters. The van der Waals surface area contributed by atoms with Crippen molar-refractivity contribution in [2.24, 2.45) is 0 Å². The Morgan fingerprint density at radius 1 is 1.03 bits per heavy atom. The fourth-order valence-electron chi connectivity index (χ4n) is 4.47. The van der Waals surface area contributed by atoms with Gasteiger partial charge < -0.3 is 24.6 Å². The Bertz CT molecular complexity index is 1590. The Labute approximate surface area is 229 Å². The zero-order valence-electron chi connectivity index (χ0n) is 21.6. The minimum Gasteiger partial charge on any atom is -0.481 e. The number of carboxylic acid groups (broad SMARTS) is 1. The van der Waals surface area contributed by atoms with Crippen LogP contribution in [0, 0.1) is 13.8 Å². The van der Waals surface area contributed by atoms with E-state index in [4.69, 9.17) is 25.5 Å². The third-order valence-electron chi connectivity index (χ3n) is 6.65. The smallest absolute Gasteiger partial charge is 0.339 e. The van der Waals surface area contributed by atoms with Crippen molar-refractivity contribution >= 4 is 51.3 Å². The van der Waals surface area contributed by atoms with Gasteiger partial charge in [0.25, 0.3) is 0 Å². The summed E-state index contributed by atoms with van der Waals surface area (Å²) in [6.07, 6.45) is 2.15. The Morgan fingerprint density at radius 2 is 1.77 bits per heavy atom. The minimum atomic E-state index is -0.951. The van der Waals surface area contributed by atoms with Gasteiger partial charge in [-0.15, -0.1) is 0 Å². The van der Waals surface area contributed by atoms with Crippen LogP contribution in [0.15, 0.2) is 56.3 Å². The van der Waals surface area contributed by atoms with E-state index in [9.17, 15) is 19.2 Å². The number of carboxylic acids is 1. The number of aliphatic carboxylic acids is 1. The second-order valence-corrected chi connectivity index (χ2v) is 9.93. The highest BCUT2D eigenvalue weighted by Crippen LogP contribution is 2.29. The molecule has 2 heterocycles. The van der Waals surface area contributed by atoms with Crippen molar-refractivity contribution in [3.8, 4) is 0 Å². The van der Waals surface area contributed by atoms with Crippen LogP contribution in [0.1, 0.15) is 41.5 Å². The lowest BCUT2D eigenvalue weighted by Gasteiger charge is -2.19. The van der Waals surface area contributed by atoms with Crippen molar-refractivity contribution in [3.05, 3.63) is 80.4 Å². The van der Waals surface area contributed by atoms with E-state index in [1.165, 1.54) is 0 Å². The average Bonchev–Trinajstić information content (AvgIpc) is 3.25. The molecule has 0 aliphatic rings. The van der Waals surface area contributed by atoms with E-state index in [1.54, 1.807) is 36.6 Å². The number of rotatable bonds is 11. The predicted octanol–water partition coefficient (Wildman–Crippen LogP) is 4.45. The van der Waals surface area contributed by atoms with Crippen molar-refractivity contribution in [1.29, 1.82) is 0 Å². The number of furan rings is 1. The summed E-state index contributed by atoms with van der Waals surface area (Å²) in [6, 6.07) is 9.64. The number of hydrogen-bond acceptors (Lipinski definition) is 6. The van der Waals surface area contributed by atoms with E-state index in [0.29, 0.717) is 21.8 Å². The summed E-state index contributed by atoms with van der Waals surface area (Å²) in [5, 5.41) is 16.5. The number of nitrogens with one attached hydrogen (secondary N) is 2. The van der Waals surface area contributed by atoms with E-state index < -0.39 is 29.5 Å². The molecule has 204 valence electrons. The van der Waals surface area contributed by atoms with Crippen molar-refractivity contribution < 1.29 is 28.3 Å². The molecule has 9 nitrogen and oxygen atoms in total. The van der Waals surface area contributed by atoms with E-state index in [-0.39, 0.29) is 38.6 Å². The molecule has 0 aliphatic carbocycles. The number of hydrogen-bond donors (Lipinski definition) is 3. The second kappa shape index (κ2) is 12.2. The van der Waals surface area contributed by atoms with Crippen molar-refractivity contribution in [2.45, 2.75) is 52.0 Å². The van der Waals surface area contributed by atoms with E-state index in [0.717, 1.165) is 27.5 Å². The van der Waals surface area contributed by atoms with Gasteiger partial charge in [0.1, 0.15) is 17.2 Å². The van der Waals surface area contributed by atoms with Gasteiger partial charge in [-0.25, -0.2) is 4.79 Å². The van der Waals surface area contributed by atoms with Crippen LogP contribution in [0.2, 0.25) is 5.02 Å². The molecule has 0 radical (unpaired) electrons. The number of carbonyl (C=O) groups excluding carboxylic acids is 2. The van der Waals surface area contributed by atoms with Crippen LogP contribution < -0.4 is 16.3 Å². The first kappa shape index (κ1) is 27.9. The molecule has 0 aliphatic heterocycles. The fourth-order valence-corrected chi connectivity index (χ4v) is 4.60. The molecule has 2 aromatic heterocycles. The summed E-state index contributed by atoms with van der Waals surface area (Å²) in [6.45, 7) is 3.92. The molecule has 4 rings (SSSR count). The zero-order valence-corrected chi connectivity index (χ0v) is 22.4. The molecule has 4 aromatic rings. The van der Waals surface area contributed by atoms with Gasteiger partial charge in [0.15, 0.2) is 0 Å². The zero-order chi connectivity index (χ0) is 28.1. The van der Waals surface area contributed by atoms with E-state index >= 15 is 0 Å². The quantitative estimate of drug-likeness (QED) is 0.184. The Hall–Kier alpha value is -4.11. The lowest BCUT2D eigenvalue weighted by molar-refractivity contribution is -0.137. The number of aryl methyl sites for hydroxylation is 2. The summed E-state index contributed by atoms with van der Waals surface area (Å²) in [4.78, 5) is 49.3. The molecule has 0 spiro atoms. The van der Waals surface area contributed by atoms with Gasteiger partial charge in [0, 0.05) is 53.2 Å². The normalized spacial score (nSPS) is 12.0.